The lowest BCUT2D eigenvalue weighted by atomic mass is 9.91. The number of aromatic amines is 2. The predicted molar refractivity (Wildman–Crippen MR) is 111 cm³/mol. The zero-order chi connectivity index (χ0) is 19.3. The number of hydrogen-bond donors (Lipinski definition) is 3. The third kappa shape index (κ3) is 2.74. The van der Waals surface area contributed by atoms with E-state index in [9.17, 15) is 4.79 Å². The molecule has 5 nitrogen and oxygen atoms in total. The first-order valence-electron chi connectivity index (χ1n) is 9.40. The number of ether oxygens (including phenoxy) is 1. The van der Waals surface area contributed by atoms with Crippen LogP contribution in [0.2, 0.25) is 5.02 Å². The molecule has 1 aliphatic rings. The molecule has 5 rings (SSSR count). The highest BCUT2D eigenvalue weighted by Gasteiger charge is 2.26. The van der Waals surface area contributed by atoms with Crippen LogP contribution in [0.15, 0.2) is 42.6 Å². The van der Waals surface area contributed by atoms with Gasteiger partial charge in [-0.2, -0.15) is 0 Å². The number of rotatable bonds is 3. The standard InChI is InChI=1S/C22H20ClN3O2/c1-28-13-6-8-18-16(10-13)15-3-2-4-19(21(15)25-18)26-22(27)17-11-24-20-9-12(23)5-7-14(17)20/h5-11,19,24-25H,2-4H2,1H3,(H,26,27)/t19-/m0/s1. The second-order valence-electron chi connectivity index (χ2n) is 7.24. The number of amides is 1. The van der Waals surface area contributed by atoms with Crippen molar-refractivity contribution in [3.05, 3.63) is 64.4 Å². The topological polar surface area (TPSA) is 69.9 Å². The minimum absolute atomic E-state index is 0.0353. The first-order valence-corrected chi connectivity index (χ1v) is 9.78. The van der Waals surface area contributed by atoms with Crippen molar-refractivity contribution in [2.45, 2.75) is 25.3 Å². The summed E-state index contributed by atoms with van der Waals surface area (Å²) in [4.78, 5) is 19.7. The number of aromatic nitrogens is 2. The smallest absolute Gasteiger partial charge is 0.253 e. The normalized spacial score (nSPS) is 16.3. The molecule has 0 unspecified atom stereocenters. The van der Waals surface area contributed by atoms with Gasteiger partial charge in [-0.05, 0) is 55.2 Å². The number of methoxy groups -OCH3 is 1. The van der Waals surface area contributed by atoms with Gasteiger partial charge in [-0.25, -0.2) is 0 Å². The molecule has 2 heterocycles. The molecule has 1 aliphatic carbocycles. The number of carbonyl (C=O) groups is 1. The van der Waals surface area contributed by atoms with Crippen LogP contribution in [0.25, 0.3) is 21.8 Å². The van der Waals surface area contributed by atoms with Gasteiger partial charge in [-0.15, -0.1) is 0 Å². The van der Waals surface area contributed by atoms with Crippen LogP contribution in [0, 0.1) is 0 Å². The van der Waals surface area contributed by atoms with Crippen LogP contribution in [0.4, 0.5) is 0 Å². The van der Waals surface area contributed by atoms with Crippen molar-refractivity contribution in [1.82, 2.24) is 15.3 Å². The highest BCUT2D eigenvalue weighted by Crippen LogP contribution is 2.36. The number of benzene rings is 2. The quantitative estimate of drug-likeness (QED) is 0.452. The van der Waals surface area contributed by atoms with Crippen LogP contribution in [0.5, 0.6) is 5.75 Å². The van der Waals surface area contributed by atoms with Gasteiger partial charge >= 0.3 is 0 Å². The highest BCUT2D eigenvalue weighted by molar-refractivity contribution is 6.31. The van der Waals surface area contributed by atoms with E-state index in [0.717, 1.165) is 47.1 Å². The van der Waals surface area contributed by atoms with Gasteiger partial charge in [0.15, 0.2) is 0 Å². The van der Waals surface area contributed by atoms with Gasteiger partial charge in [0.2, 0.25) is 0 Å². The number of halogens is 1. The van der Waals surface area contributed by atoms with E-state index < -0.39 is 0 Å². The lowest BCUT2D eigenvalue weighted by molar-refractivity contribution is 0.0933. The van der Waals surface area contributed by atoms with Gasteiger partial charge in [0.1, 0.15) is 5.75 Å². The summed E-state index contributed by atoms with van der Waals surface area (Å²) in [5, 5.41) is 5.91. The zero-order valence-electron chi connectivity index (χ0n) is 15.4. The van der Waals surface area contributed by atoms with Crippen molar-refractivity contribution in [3.63, 3.8) is 0 Å². The Morgan fingerprint density at radius 2 is 2.07 bits per heavy atom. The molecule has 1 atom stereocenters. The molecule has 1 amide bonds. The molecular formula is C22H20ClN3O2. The lowest BCUT2D eigenvalue weighted by Gasteiger charge is -2.23. The molecular weight excluding hydrogens is 374 g/mol. The molecule has 6 heteroatoms. The fourth-order valence-electron chi connectivity index (χ4n) is 4.24. The van der Waals surface area contributed by atoms with Crippen molar-refractivity contribution in [3.8, 4) is 5.75 Å². The van der Waals surface area contributed by atoms with Crippen LogP contribution < -0.4 is 10.1 Å². The molecule has 0 radical (unpaired) electrons. The lowest BCUT2D eigenvalue weighted by Crippen LogP contribution is -2.30. The van der Waals surface area contributed by atoms with E-state index in [-0.39, 0.29) is 11.9 Å². The third-order valence-electron chi connectivity index (χ3n) is 5.61. The molecule has 4 aromatic rings. The first kappa shape index (κ1) is 17.2. The molecule has 142 valence electrons. The summed E-state index contributed by atoms with van der Waals surface area (Å²) < 4.78 is 5.38. The molecule has 0 bridgehead atoms. The first-order chi connectivity index (χ1) is 13.6. The van der Waals surface area contributed by atoms with Gasteiger partial charge in [0.05, 0.1) is 18.7 Å². The van der Waals surface area contributed by atoms with Crippen LogP contribution in [-0.4, -0.2) is 23.0 Å². The van der Waals surface area contributed by atoms with E-state index in [0.29, 0.717) is 10.6 Å². The van der Waals surface area contributed by atoms with Crippen molar-refractivity contribution in [2.24, 2.45) is 0 Å². The Bertz CT molecular complexity index is 1210. The Kier molecular flexibility index (Phi) is 4.05. The molecule has 28 heavy (non-hydrogen) atoms. The molecule has 0 saturated heterocycles. The van der Waals surface area contributed by atoms with Crippen LogP contribution >= 0.6 is 11.6 Å². The monoisotopic (exact) mass is 393 g/mol. The van der Waals surface area contributed by atoms with Crippen LogP contribution in [0.3, 0.4) is 0 Å². The Hall–Kier alpha value is -2.92. The Labute approximate surface area is 167 Å². The molecule has 0 spiro atoms. The maximum absolute atomic E-state index is 13.0. The van der Waals surface area contributed by atoms with E-state index >= 15 is 0 Å². The number of hydrogen-bond acceptors (Lipinski definition) is 2. The van der Waals surface area contributed by atoms with Crippen molar-refractivity contribution >= 4 is 39.3 Å². The number of aryl methyl sites for hydroxylation is 1. The van der Waals surface area contributed by atoms with E-state index in [1.54, 1.807) is 19.4 Å². The molecule has 0 fully saturated rings. The average Bonchev–Trinajstić information content (AvgIpc) is 3.29. The minimum atomic E-state index is -0.0809. The second kappa shape index (κ2) is 6.60. The predicted octanol–water partition coefficient (Wildman–Crippen LogP) is 5.12. The molecule has 2 aromatic heterocycles. The van der Waals surface area contributed by atoms with E-state index in [4.69, 9.17) is 16.3 Å². The third-order valence-corrected chi connectivity index (χ3v) is 5.84. The maximum atomic E-state index is 13.0. The molecule has 3 N–H and O–H groups in total. The fourth-order valence-corrected chi connectivity index (χ4v) is 4.41. The van der Waals surface area contributed by atoms with Gasteiger partial charge in [0.25, 0.3) is 5.91 Å². The number of nitrogens with one attached hydrogen (secondary N) is 3. The SMILES string of the molecule is COc1ccc2[nH]c3c(c2c1)CCC[C@@H]3NC(=O)c1c[nH]c2cc(Cl)ccc12. The molecule has 0 aliphatic heterocycles. The van der Waals surface area contributed by atoms with E-state index in [1.165, 1.54) is 10.9 Å². The van der Waals surface area contributed by atoms with Crippen molar-refractivity contribution in [2.75, 3.05) is 7.11 Å². The second-order valence-corrected chi connectivity index (χ2v) is 7.68. The van der Waals surface area contributed by atoms with Gasteiger partial charge in [-0.3, -0.25) is 4.79 Å². The summed E-state index contributed by atoms with van der Waals surface area (Å²) in [5.41, 5.74) is 4.95. The largest absolute Gasteiger partial charge is 0.497 e. The van der Waals surface area contributed by atoms with Crippen molar-refractivity contribution in [1.29, 1.82) is 0 Å². The Morgan fingerprint density at radius 3 is 2.93 bits per heavy atom. The summed E-state index contributed by atoms with van der Waals surface area (Å²) in [6.07, 6.45) is 4.69. The number of H-pyrrole nitrogens is 2. The molecule has 0 saturated carbocycles. The van der Waals surface area contributed by atoms with E-state index in [1.807, 2.05) is 24.3 Å². The Morgan fingerprint density at radius 1 is 1.18 bits per heavy atom. The van der Waals surface area contributed by atoms with Crippen LogP contribution in [0.1, 0.15) is 40.5 Å². The maximum Gasteiger partial charge on any atom is 0.253 e. The zero-order valence-corrected chi connectivity index (χ0v) is 16.2. The highest BCUT2D eigenvalue weighted by atomic mass is 35.5. The number of fused-ring (bicyclic) bond motifs is 4. The minimum Gasteiger partial charge on any atom is -0.497 e. The summed E-state index contributed by atoms with van der Waals surface area (Å²) in [6, 6.07) is 11.5. The number of carbonyl (C=O) groups excluding carboxylic acids is 1. The molecule has 2 aromatic carbocycles. The summed E-state index contributed by atoms with van der Waals surface area (Å²) in [5.74, 6) is 0.764. The summed E-state index contributed by atoms with van der Waals surface area (Å²) in [6.45, 7) is 0. The van der Waals surface area contributed by atoms with Crippen LogP contribution in [-0.2, 0) is 6.42 Å². The van der Waals surface area contributed by atoms with E-state index in [2.05, 4.69) is 21.4 Å². The fraction of sp³-hybridized carbons (Fsp3) is 0.227. The van der Waals surface area contributed by atoms with Gasteiger partial charge in [-0.1, -0.05) is 17.7 Å². The van der Waals surface area contributed by atoms with Crippen molar-refractivity contribution < 1.29 is 9.53 Å². The van der Waals surface area contributed by atoms with Gasteiger partial charge < -0.3 is 20.0 Å². The Balaban J connectivity index is 1.48. The average molecular weight is 394 g/mol. The summed E-state index contributed by atoms with van der Waals surface area (Å²) in [7, 11) is 1.68. The summed E-state index contributed by atoms with van der Waals surface area (Å²) >= 11 is 6.05. The van der Waals surface area contributed by atoms with Gasteiger partial charge in [0, 0.05) is 38.7 Å².